The summed E-state index contributed by atoms with van der Waals surface area (Å²) in [6, 6.07) is 19.1. The summed E-state index contributed by atoms with van der Waals surface area (Å²) >= 11 is 0. The molecule has 5 rings (SSSR count). The number of aryl methyl sites for hydroxylation is 1. The Morgan fingerprint density at radius 1 is 1.13 bits per heavy atom. The van der Waals surface area contributed by atoms with Gasteiger partial charge in [-0.25, -0.2) is 4.98 Å². The summed E-state index contributed by atoms with van der Waals surface area (Å²) in [7, 11) is 0. The number of aromatic nitrogens is 3. The third kappa shape index (κ3) is 4.39. The summed E-state index contributed by atoms with van der Waals surface area (Å²) in [6.07, 6.45) is 4.95. The van der Waals surface area contributed by atoms with E-state index in [0.717, 1.165) is 60.7 Å². The minimum absolute atomic E-state index is 0.354. The van der Waals surface area contributed by atoms with Crippen LogP contribution in [0.5, 0.6) is 11.5 Å². The minimum Gasteiger partial charge on any atom is -0.456 e. The molecule has 0 spiro atoms. The Labute approximate surface area is 182 Å². The fourth-order valence-corrected chi connectivity index (χ4v) is 4.15. The van der Waals surface area contributed by atoms with E-state index in [1.165, 1.54) is 16.7 Å². The molecule has 1 saturated heterocycles. The van der Waals surface area contributed by atoms with Gasteiger partial charge >= 0.3 is 0 Å². The molecule has 1 aliphatic heterocycles. The van der Waals surface area contributed by atoms with E-state index in [0.29, 0.717) is 6.04 Å². The number of pyridine rings is 1. The van der Waals surface area contributed by atoms with Gasteiger partial charge < -0.3 is 15.4 Å². The lowest BCUT2D eigenvalue weighted by molar-refractivity contribution is 0.478. The monoisotopic (exact) mass is 413 g/mol. The molecule has 0 saturated carbocycles. The van der Waals surface area contributed by atoms with E-state index in [1.54, 1.807) is 6.20 Å². The highest BCUT2D eigenvalue weighted by molar-refractivity contribution is 5.93. The Hall–Kier alpha value is -3.38. The van der Waals surface area contributed by atoms with Gasteiger partial charge in [-0.1, -0.05) is 36.4 Å². The number of aromatic amines is 1. The fraction of sp³-hybridized carbons (Fsp3) is 0.280. The summed E-state index contributed by atoms with van der Waals surface area (Å²) < 4.78 is 6.31. The molecule has 2 aromatic heterocycles. The molecule has 6 nitrogen and oxygen atoms in total. The van der Waals surface area contributed by atoms with Crippen molar-refractivity contribution < 1.29 is 4.74 Å². The number of nitrogens with one attached hydrogen (secondary N) is 3. The first-order valence-corrected chi connectivity index (χ1v) is 10.9. The molecule has 158 valence electrons. The highest BCUT2D eigenvalue weighted by Gasteiger charge is 2.18. The van der Waals surface area contributed by atoms with Crippen molar-refractivity contribution in [3.63, 3.8) is 0 Å². The molecule has 3 heterocycles. The van der Waals surface area contributed by atoms with Gasteiger partial charge in [0.15, 0.2) is 11.5 Å². The van der Waals surface area contributed by atoms with Crippen LogP contribution in [0.15, 0.2) is 60.8 Å². The maximum Gasteiger partial charge on any atom is 0.161 e. The molecule has 1 unspecified atom stereocenters. The average Bonchev–Trinajstić information content (AvgIpc) is 3.21. The second-order valence-corrected chi connectivity index (χ2v) is 8.15. The molecule has 2 aromatic carbocycles. The molecule has 0 radical (unpaired) electrons. The van der Waals surface area contributed by atoms with Gasteiger partial charge in [0.1, 0.15) is 16.9 Å². The first-order valence-electron chi connectivity index (χ1n) is 10.9. The summed E-state index contributed by atoms with van der Waals surface area (Å²) in [6.45, 7) is 4.15. The Bertz CT molecular complexity index is 1170. The summed E-state index contributed by atoms with van der Waals surface area (Å²) in [5.74, 6) is 2.36. The van der Waals surface area contributed by atoms with Crippen LogP contribution < -0.4 is 15.4 Å². The van der Waals surface area contributed by atoms with Crippen molar-refractivity contribution in [2.75, 3.05) is 18.4 Å². The molecule has 1 atom stereocenters. The Balaban J connectivity index is 1.38. The van der Waals surface area contributed by atoms with Crippen molar-refractivity contribution >= 4 is 16.9 Å². The van der Waals surface area contributed by atoms with Gasteiger partial charge in [0.2, 0.25) is 0 Å². The van der Waals surface area contributed by atoms with E-state index in [1.807, 2.05) is 18.2 Å². The van der Waals surface area contributed by atoms with Gasteiger partial charge in [0, 0.05) is 24.8 Å². The van der Waals surface area contributed by atoms with Gasteiger partial charge in [-0.15, -0.1) is 0 Å². The van der Waals surface area contributed by atoms with Crippen molar-refractivity contribution in [1.29, 1.82) is 0 Å². The maximum absolute atomic E-state index is 6.31. The van der Waals surface area contributed by atoms with Gasteiger partial charge in [0.05, 0.1) is 0 Å². The minimum atomic E-state index is 0.354. The van der Waals surface area contributed by atoms with Crippen LogP contribution in [-0.4, -0.2) is 34.3 Å². The van der Waals surface area contributed by atoms with Gasteiger partial charge in [-0.3, -0.25) is 5.10 Å². The lowest BCUT2D eigenvalue weighted by atomic mass is 10.0. The second-order valence-electron chi connectivity index (χ2n) is 8.15. The van der Waals surface area contributed by atoms with Crippen molar-refractivity contribution in [3.8, 4) is 11.5 Å². The Kier molecular flexibility index (Phi) is 5.54. The SMILES string of the molecule is Cc1cc(Oc2ccnc3[nH]nc(NC4CCCNC4)c23)ccc1Cc1ccccc1. The van der Waals surface area contributed by atoms with Crippen LogP contribution in [-0.2, 0) is 6.42 Å². The highest BCUT2D eigenvalue weighted by atomic mass is 16.5. The molecule has 6 heteroatoms. The number of rotatable bonds is 6. The van der Waals surface area contributed by atoms with Crippen LogP contribution in [0.3, 0.4) is 0 Å². The van der Waals surface area contributed by atoms with Crippen LogP contribution in [0.25, 0.3) is 11.0 Å². The van der Waals surface area contributed by atoms with Crippen LogP contribution in [0, 0.1) is 6.92 Å². The van der Waals surface area contributed by atoms with Crippen molar-refractivity contribution in [3.05, 3.63) is 77.5 Å². The molecule has 0 aliphatic carbocycles. The van der Waals surface area contributed by atoms with E-state index in [9.17, 15) is 0 Å². The predicted octanol–water partition coefficient (Wildman–Crippen LogP) is 4.81. The molecular formula is C25H27N5O. The van der Waals surface area contributed by atoms with Gasteiger partial charge in [-0.2, -0.15) is 5.10 Å². The number of fused-ring (bicyclic) bond motifs is 1. The highest BCUT2D eigenvalue weighted by Crippen LogP contribution is 2.34. The molecule has 1 fully saturated rings. The molecular weight excluding hydrogens is 386 g/mol. The standard InChI is InChI=1S/C25H27N5O/c1-17-14-21(10-9-19(17)15-18-6-3-2-4-7-18)31-22-11-13-27-24-23(22)25(30-29-24)28-20-8-5-12-26-16-20/h2-4,6-7,9-11,13-14,20,26H,5,8,12,15-16H2,1H3,(H2,27,28,29,30). The number of H-pyrrole nitrogens is 1. The zero-order valence-electron chi connectivity index (χ0n) is 17.7. The van der Waals surface area contributed by atoms with Gasteiger partial charge in [-0.05, 0) is 61.6 Å². The number of nitrogens with zero attached hydrogens (tertiary/aromatic N) is 2. The Morgan fingerprint density at radius 2 is 2.03 bits per heavy atom. The van der Waals surface area contributed by atoms with Crippen LogP contribution >= 0.6 is 0 Å². The number of benzene rings is 2. The Morgan fingerprint density at radius 3 is 2.84 bits per heavy atom. The number of hydrogen-bond acceptors (Lipinski definition) is 5. The molecule has 3 N–H and O–H groups in total. The zero-order chi connectivity index (χ0) is 21.0. The summed E-state index contributed by atoms with van der Waals surface area (Å²) in [5, 5.41) is 15.4. The van der Waals surface area contributed by atoms with Crippen molar-refractivity contribution in [2.45, 2.75) is 32.2 Å². The smallest absolute Gasteiger partial charge is 0.161 e. The average molecular weight is 414 g/mol. The van der Waals surface area contributed by atoms with Crippen LogP contribution in [0.1, 0.15) is 29.5 Å². The molecule has 31 heavy (non-hydrogen) atoms. The first-order chi connectivity index (χ1) is 15.3. The topological polar surface area (TPSA) is 74.9 Å². The van der Waals surface area contributed by atoms with Crippen LogP contribution in [0.4, 0.5) is 5.82 Å². The summed E-state index contributed by atoms with van der Waals surface area (Å²) in [5.41, 5.74) is 4.54. The third-order valence-electron chi connectivity index (χ3n) is 5.84. The fourth-order valence-electron chi connectivity index (χ4n) is 4.15. The largest absolute Gasteiger partial charge is 0.456 e. The molecule has 4 aromatic rings. The molecule has 0 bridgehead atoms. The predicted molar refractivity (Wildman–Crippen MR) is 124 cm³/mol. The quantitative estimate of drug-likeness (QED) is 0.423. The second kappa shape index (κ2) is 8.78. The zero-order valence-corrected chi connectivity index (χ0v) is 17.7. The number of piperidine rings is 1. The molecule has 1 aliphatic rings. The third-order valence-corrected chi connectivity index (χ3v) is 5.84. The first kappa shape index (κ1) is 19.6. The normalized spacial score (nSPS) is 16.4. The van der Waals surface area contributed by atoms with Crippen molar-refractivity contribution in [1.82, 2.24) is 20.5 Å². The van der Waals surface area contributed by atoms with Crippen molar-refractivity contribution in [2.24, 2.45) is 0 Å². The lowest BCUT2D eigenvalue weighted by Crippen LogP contribution is -2.38. The summed E-state index contributed by atoms with van der Waals surface area (Å²) in [4.78, 5) is 4.42. The maximum atomic E-state index is 6.31. The van der Waals surface area contributed by atoms with E-state index in [4.69, 9.17) is 4.74 Å². The van der Waals surface area contributed by atoms with E-state index >= 15 is 0 Å². The van der Waals surface area contributed by atoms with E-state index in [-0.39, 0.29) is 0 Å². The number of hydrogen-bond donors (Lipinski definition) is 3. The number of anilines is 1. The van der Waals surface area contributed by atoms with Gasteiger partial charge in [0.25, 0.3) is 0 Å². The number of ether oxygens (including phenoxy) is 1. The van der Waals surface area contributed by atoms with Crippen LogP contribution in [0.2, 0.25) is 0 Å². The molecule has 0 amide bonds. The van der Waals surface area contributed by atoms with E-state index in [2.05, 4.69) is 69.1 Å². The van der Waals surface area contributed by atoms with E-state index < -0.39 is 0 Å². The lowest BCUT2D eigenvalue weighted by Gasteiger charge is -2.23.